The van der Waals surface area contributed by atoms with Crippen LogP contribution in [0.1, 0.15) is 31.7 Å². The summed E-state index contributed by atoms with van der Waals surface area (Å²) in [5.74, 6) is -0.603. The largest absolute Gasteiger partial charge is 0.392 e. The minimum atomic E-state index is -1.17. The third-order valence-corrected chi connectivity index (χ3v) is 5.37. The van der Waals surface area contributed by atoms with E-state index < -0.39 is 17.7 Å². The predicted octanol–water partition coefficient (Wildman–Crippen LogP) is 1.21. The van der Waals surface area contributed by atoms with Gasteiger partial charge in [-0.25, -0.2) is 0 Å². The molecule has 0 unspecified atom stereocenters. The van der Waals surface area contributed by atoms with Gasteiger partial charge in [0.2, 0.25) is 6.04 Å². The van der Waals surface area contributed by atoms with Crippen molar-refractivity contribution in [1.82, 2.24) is 4.90 Å². The van der Waals surface area contributed by atoms with Crippen LogP contribution < -0.4 is 0 Å². The van der Waals surface area contributed by atoms with E-state index in [4.69, 9.17) is 0 Å². The topological polar surface area (TPSA) is 83.7 Å². The van der Waals surface area contributed by atoms with E-state index in [9.17, 15) is 20.0 Å². The van der Waals surface area contributed by atoms with Crippen molar-refractivity contribution in [3.63, 3.8) is 0 Å². The van der Waals surface area contributed by atoms with Crippen molar-refractivity contribution < 1.29 is 14.8 Å². The molecule has 2 aliphatic heterocycles. The van der Waals surface area contributed by atoms with Gasteiger partial charge in [0.1, 0.15) is 5.54 Å². The van der Waals surface area contributed by atoms with Gasteiger partial charge < -0.3 is 5.11 Å². The highest BCUT2D eigenvalue weighted by atomic mass is 16.6. The van der Waals surface area contributed by atoms with E-state index in [1.54, 1.807) is 6.92 Å². The van der Waals surface area contributed by atoms with Gasteiger partial charge >= 0.3 is 0 Å². The number of hydrogen-bond acceptors (Lipinski definition) is 5. The van der Waals surface area contributed by atoms with Gasteiger partial charge in [-0.1, -0.05) is 30.3 Å². The number of rotatable bonds is 3. The number of nitro groups is 1. The fraction of sp³-hybridized carbons (Fsp3) is 0.562. The molecule has 0 aromatic heterocycles. The summed E-state index contributed by atoms with van der Waals surface area (Å²) in [4.78, 5) is 25.6. The zero-order valence-corrected chi connectivity index (χ0v) is 12.7. The van der Waals surface area contributed by atoms with Crippen molar-refractivity contribution in [1.29, 1.82) is 0 Å². The Bertz CT molecular complexity index is 605. The molecule has 2 heterocycles. The number of aliphatic hydroxyl groups excluding tert-OH is 1. The van der Waals surface area contributed by atoms with Crippen LogP contribution in [0.5, 0.6) is 0 Å². The van der Waals surface area contributed by atoms with E-state index in [1.807, 2.05) is 35.2 Å². The van der Waals surface area contributed by atoms with Crippen molar-refractivity contribution in [3.8, 4) is 0 Å². The van der Waals surface area contributed by atoms with Gasteiger partial charge in [-0.05, 0) is 25.8 Å². The molecule has 0 amide bonds. The van der Waals surface area contributed by atoms with Crippen LogP contribution in [0, 0.1) is 10.1 Å². The molecule has 0 bridgehead atoms. The maximum absolute atomic E-state index is 12.3. The minimum absolute atomic E-state index is 0.179. The summed E-state index contributed by atoms with van der Waals surface area (Å²) >= 11 is 0. The number of Topliss-reactive ketones (excluding diaryl/α,β-unsaturated/α-hetero) is 1. The summed E-state index contributed by atoms with van der Waals surface area (Å²) in [6.45, 7) is 3.37. The van der Waals surface area contributed by atoms with Gasteiger partial charge in [-0.2, -0.15) is 0 Å². The number of benzene rings is 1. The zero-order chi connectivity index (χ0) is 16.1. The summed E-state index contributed by atoms with van der Waals surface area (Å²) in [5.41, 5.74) is -0.315. The summed E-state index contributed by atoms with van der Waals surface area (Å²) < 4.78 is 0. The van der Waals surface area contributed by atoms with Gasteiger partial charge in [-0.15, -0.1) is 0 Å². The van der Waals surface area contributed by atoms with Crippen LogP contribution in [0.4, 0.5) is 0 Å². The van der Waals surface area contributed by atoms with Crippen molar-refractivity contribution in [2.24, 2.45) is 0 Å². The monoisotopic (exact) mass is 304 g/mol. The molecule has 2 fully saturated rings. The van der Waals surface area contributed by atoms with E-state index in [0.29, 0.717) is 13.0 Å². The molecule has 3 rings (SSSR count). The molecular formula is C16H20N2O4. The summed E-state index contributed by atoms with van der Waals surface area (Å²) in [7, 11) is 0. The maximum atomic E-state index is 12.3. The van der Waals surface area contributed by atoms with Crippen LogP contribution in [0.15, 0.2) is 30.3 Å². The van der Waals surface area contributed by atoms with Crippen LogP contribution in [-0.2, 0) is 4.79 Å². The molecule has 6 nitrogen and oxygen atoms in total. The smallest absolute Gasteiger partial charge is 0.246 e. The lowest BCUT2D eigenvalue weighted by molar-refractivity contribution is -0.532. The van der Waals surface area contributed by atoms with Crippen LogP contribution in [-0.4, -0.2) is 51.0 Å². The first kappa shape index (κ1) is 15.1. The van der Waals surface area contributed by atoms with Crippen LogP contribution in [0.25, 0.3) is 0 Å². The van der Waals surface area contributed by atoms with E-state index in [-0.39, 0.29) is 22.7 Å². The lowest BCUT2D eigenvalue weighted by Gasteiger charge is -2.32. The highest BCUT2D eigenvalue weighted by Crippen LogP contribution is 2.49. The molecule has 1 aromatic rings. The van der Waals surface area contributed by atoms with E-state index in [0.717, 1.165) is 5.56 Å². The Morgan fingerprint density at radius 2 is 2.05 bits per heavy atom. The SMILES string of the molecule is CC(=O)[C@@]1(C)[C@H]([N+](=O)[O-])[C@@H](c2ccccc2)[C@@H]2C[C@@H](O)CN21. The molecule has 0 spiro atoms. The van der Waals surface area contributed by atoms with Crippen molar-refractivity contribution in [2.45, 2.75) is 49.9 Å². The van der Waals surface area contributed by atoms with E-state index in [2.05, 4.69) is 0 Å². The number of carbonyl (C=O) groups excluding carboxylic acids is 1. The fourth-order valence-corrected chi connectivity index (χ4v) is 4.27. The third-order valence-electron chi connectivity index (χ3n) is 5.37. The Balaban J connectivity index is 2.14. The molecule has 0 radical (unpaired) electrons. The second kappa shape index (κ2) is 5.14. The Morgan fingerprint density at radius 3 is 2.59 bits per heavy atom. The second-order valence-corrected chi connectivity index (χ2v) is 6.48. The normalized spacial score (nSPS) is 38.0. The average molecular weight is 304 g/mol. The number of hydrogen-bond donors (Lipinski definition) is 1. The summed E-state index contributed by atoms with van der Waals surface area (Å²) in [6.07, 6.45) is -0.0742. The molecule has 118 valence electrons. The quantitative estimate of drug-likeness (QED) is 0.670. The van der Waals surface area contributed by atoms with Crippen molar-refractivity contribution in [2.75, 3.05) is 6.54 Å². The highest BCUT2D eigenvalue weighted by Gasteiger charge is 2.67. The number of nitrogens with zero attached hydrogens (tertiary/aromatic N) is 2. The first-order valence-electron chi connectivity index (χ1n) is 7.51. The van der Waals surface area contributed by atoms with Gasteiger partial charge in [0, 0.05) is 17.5 Å². The minimum Gasteiger partial charge on any atom is -0.392 e. The van der Waals surface area contributed by atoms with E-state index >= 15 is 0 Å². The zero-order valence-electron chi connectivity index (χ0n) is 12.7. The Labute approximate surface area is 128 Å². The molecule has 0 saturated carbocycles. The van der Waals surface area contributed by atoms with Gasteiger partial charge in [0.25, 0.3) is 0 Å². The molecule has 22 heavy (non-hydrogen) atoms. The Morgan fingerprint density at radius 1 is 1.41 bits per heavy atom. The van der Waals surface area contributed by atoms with Crippen LogP contribution >= 0.6 is 0 Å². The third kappa shape index (κ3) is 1.98. The molecule has 0 aliphatic carbocycles. The molecule has 1 aromatic carbocycles. The van der Waals surface area contributed by atoms with Crippen LogP contribution in [0.3, 0.4) is 0 Å². The Hall–Kier alpha value is -1.79. The molecule has 5 atom stereocenters. The van der Waals surface area contributed by atoms with Gasteiger partial charge in [0.15, 0.2) is 5.78 Å². The fourth-order valence-electron chi connectivity index (χ4n) is 4.27. The number of ketones is 1. The second-order valence-electron chi connectivity index (χ2n) is 6.48. The number of β-amino-alcohol motifs (C(OH)–C–C–N with tert-alkyl or cyclic N) is 1. The number of carbonyl (C=O) groups is 1. The average Bonchev–Trinajstić information content (AvgIpc) is 2.95. The standard InChI is InChI=1S/C16H20N2O4/c1-10(19)16(2)15(18(21)22)14(11-6-4-3-5-7-11)13-8-12(20)9-17(13)16/h3-7,12-15,20H,8-9H2,1-2H3/t12-,13+,14+,15-,16+/m1/s1. The first-order valence-corrected chi connectivity index (χ1v) is 7.51. The maximum Gasteiger partial charge on any atom is 0.246 e. The Kier molecular flexibility index (Phi) is 3.53. The lowest BCUT2D eigenvalue weighted by atomic mass is 9.79. The lowest BCUT2D eigenvalue weighted by Crippen LogP contribution is -2.56. The highest BCUT2D eigenvalue weighted by molar-refractivity contribution is 5.87. The van der Waals surface area contributed by atoms with Gasteiger partial charge in [0.05, 0.1) is 12.0 Å². The first-order chi connectivity index (χ1) is 10.4. The van der Waals surface area contributed by atoms with Crippen molar-refractivity contribution >= 4 is 5.78 Å². The van der Waals surface area contributed by atoms with Gasteiger partial charge in [-0.3, -0.25) is 19.8 Å². The predicted molar refractivity (Wildman–Crippen MR) is 80.2 cm³/mol. The number of fused-ring (bicyclic) bond motifs is 1. The molecule has 1 N–H and O–H groups in total. The summed E-state index contributed by atoms with van der Waals surface area (Å²) in [5, 5.41) is 21.8. The number of aliphatic hydroxyl groups is 1. The summed E-state index contributed by atoms with van der Waals surface area (Å²) in [6, 6.07) is 8.14. The van der Waals surface area contributed by atoms with Crippen molar-refractivity contribution in [3.05, 3.63) is 46.0 Å². The molecule has 2 saturated heterocycles. The molecular weight excluding hydrogens is 284 g/mol. The molecule has 2 aliphatic rings. The van der Waals surface area contributed by atoms with Crippen LogP contribution in [0.2, 0.25) is 0 Å². The van der Waals surface area contributed by atoms with E-state index in [1.165, 1.54) is 6.92 Å². The molecule has 6 heteroatoms.